The second-order valence-electron chi connectivity index (χ2n) is 6.53. The van der Waals surface area contributed by atoms with Crippen molar-refractivity contribution in [2.75, 3.05) is 19.6 Å². The van der Waals surface area contributed by atoms with Gasteiger partial charge in [-0.15, -0.1) is 0 Å². The van der Waals surface area contributed by atoms with Crippen LogP contribution in [0.2, 0.25) is 0 Å². The summed E-state index contributed by atoms with van der Waals surface area (Å²) in [5.74, 6) is 0.898. The van der Waals surface area contributed by atoms with Crippen LogP contribution in [0.3, 0.4) is 0 Å². The quantitative estimate of drug-likeness (QED) is 0.865. The van der Waals surface area contributed by atoms with Gasteiger partial charge < -0.3 is 9.88 Å². The number of fused-ring (bicyclic) bond motifs is 1. The number of imidazole rings is 1. The minimum Gasteiger partial charge on any atom is -0.333 e. The van der Waals surface area contributed by atoms with E-state index in [0.29, 0.717) is 6.54 Å². The highest BCUT2D eigenvalue weighted by Crippen LogP contribution is 2.27. The van der Waals surface area contributed by atoms with E-state index in [1.54, 1.807) is 6.20 Å². The molecule has 1 saturated heterocycles. The maximum Gasteiger partial charge on any atom is 0.259 e. The van der Waals surface area contributed by atoms with Gasteiger partial charge in [0.1, 0.15) is 5.82 Å². The molecular formula is C14H24N4O2S. The van der Waals surface area contributed by atoms with Gasteiger partial charge in [-0.25, -0.2) is 18.1 Å². The molecule has 0 bridgehead atoms. The molecule has 6 nitrogen and oxygen atoms in total. The molecule has 2 aliphatic rings. The second-order valence-corrected chi connectivity index (χ2v) is 8.24. The largest absolute Gasteiger partial charge is 0.333 e. The Morgan fingerprint density at radius 1 is 1.38 bits per heavy atom. The molecule has 0 aromatic carbocycles. The fourth-order valence-electron chi connectivity index (χ4n) is 3.07. The monoisotopic (exact) mass is 312 g/mol. The van der Waals surface area contributed by atoms with E-state index in [2.05, 4.69) is 21.9 Å². The highest BCUT2D eigenvalue weighted by atomic mass is 32.2. The maximum absolute atomic E-state index is 12.4. The number of nitrogens with zero attached hydrogens (tertiary/aromatic N) is 2. The predicted molar refractivity (Wildman–Crippen MR) is 80.6 cm³/mol. The molecule has 1 fully saturated rings. The van der Waals surface area contributed by atoms with E-state index in [1.165, 1.54) is 0 Å². The molecule has 0 unspecified atom stereocenters. The fourth-order valence-corrected chi connectivity index (χ4v) is 4.24. The number of aromatic nitrogens is 2. The normalized spacial score (nSPS) is 22.0. The van der Waals surface area contributed by atoms with E-state index in [9.17, 15) is 8.42 Å². The van der Waals surface area contributed by atoms with Crippen LogP contribution in [0, 0.1) is 5.41 Å². The first-order valence-electron chi connectivity index (χ1n) is 7.75. The Balaban J connectivity index is 1.70. The van der Waals surface area contributed by atoms with E-state index < -0.39 is 10.0 Å². The van der Waals surface area contributed by atoms with Crippen molar-refractivity contribution in [3.05, 3.63) is 12.0 Å². The summed E-state index contributed by atoms with van der Waals surface area (Å²) in [6.07, 6.45) is 6.74. The summed E-state index contributed by atoms with van der Waals surface area (Å²) in [6, 6.07) is 0. The number of aryl methyl sites for hydroxylation is 2. The molecule has 0 aliphatic carbocycles. The highest BCUT2D eigenvalue weighted by molar-refractivity contribution is 7.89. The van der Waals surface area contributed by atoms with Crippen molar-refractivity contribution < 1.29 is 8.42 Å². The van der Waals surface area contributed by atoms with Crippen LogP contribution in [-0.4, -0.2) is 37.6 Å². The first-order valence-corrected chi connectivity index (χ1v) is 9.23. The van der Waals surface area contributed by atoms with E-state index in [-0.39, 0.29) is 10.4 Å². The molecule has 0 amide bonds. The van der Waals surface area contributed by atoms with E-state index >= 15 is 0 Å². The van der Waals surface area contributed by atoms with Crippen LogP contribution >= 0.6 is 0 Å². The van der Waals surface area contributed by atoms with Crippen molar-refractivity contribution in [1.29, 1.82) is 0 Å². The Morgan fingerprint density at radius 3 is 2.86 bits per heavy atom. The van der Waals surface area contributed by atoms with Gasteiger partial charge in [0, 0.05) is 25.7 Å². The van der Waals surface area contributed by atoms with Crippen LogP contribution in [0.25, 0.3) is 0 Å². The van der Waals surface area contributed by atoms with Crippen LogP contribution in [-0.2, 0) is 23.0 Å². The van der Waals surface area contributed by atoms with Crippen LogP contribution in [0.1, 0.15) is 38.4 Å². The summed E-state index contributed by atoms with van der Waals surface area (Å²) in [5, 5.41) is 3.49. The van der Waals surface area contributed by atoms with Gasteiger partial charge in [-0.1, -0.05) is 6.92 Å². The van der Waals surface area contributed by atoms with Crippen LogP contribution in [0.5, 0.6) is 0 Å². The Labute approximate surface area is 126 Å². The molecule has 21 heavy (non-hydrogen) atoms. The number of hydrogen-bond donors (Lipinski definition) is 2. The fraction of sp³-hybridized carbons (Fsp3) is 0.786. The number of rotatable bonds is 4. The zero-order valence-corrected chi connectivity index (χ0v) is 13.4. The lowest BCUT2D eigenvalue weighted by Crippen LogP contribution is -2.42. The van der Waals surface area contributed by atoms with Gasteiger partial charge in [0.2, 0.25) is 0 Å². The Morgan fingerprint density at radius 2 is 2.14 bits per heavy atom. The van der Waals surface area contributed by atoms with E-state index in [0.717, 1.165) is 57.6 Å². The van der Waals surface area contributed by atoms with Gasteiger partial charge in [0.05, 0.1) is 0 Å². The van der Waals surface area contributed by atoms with Crippen molar-refractivity contribution in [3.63, 3.8) is 0 Å². The van der Waals surface area contributed by atoms with Gasteiger partial charge in [-0.05, 0) is 44.2 Å². The smallest absolute Gasteiger partial charge is 0.259 e. The average molecular weight is 312 g/mol. The molecule has 3 heterocycles. The lowest BCUT2D eigenvalue weighted by atomic mass is 9.81. The molecule has 0 spiro atoms. The summed E-state index contributed by atoms with van der Waals surface area (Å²) in [4.78, 5) is 4.31. The third-order valence-electron chi connectivity index (χ3n) is 4.66. The Hall–Kier alpha value is -0.920. The number of piperidine rings is 1. The van der Waals surface area contributed by atoms with Gasteiger partial charge in [-0.3, -0.25) is 0 Å². The van der Waals surface area contributed by atoms with Gasteiger partial charge in [0.25, 0.3) is 10.0 Å². The lowest BCUT2D eigenvalue weighted by Gasteiger charge is -2.33. The first kappa shape index (κ1) is 15.0. The van der Waals surface area contributed by atoms with Gasteiger partial charge in [-0.2, -0.15) is 0 Å². The van der Waals surface area contributed by atoms with Gasteiger partial charge in [0.15, 0.2) is 5.03 Å². The summed E-state index contributed by atoms with van der Waals surface area (Å²) in [5.41, 5.74) is 0.0394. The Kier molecular flexibility index (Phi) is 4.07. The third kappa shape index (κ3) is 3.30. The van der Waals surface area contributed by atoms with Crippen molar-refractivity contribution in [2.45, 2.75) is 50.6 Å². The topological polar surface area (TPSA) is 76.0 Å². The molecule has 0 saturated carbocycles. The molecule has 2 N–H and O–H groups in total. The number of hydrogen-bond acceptors (Lipinski definition) is 4. The minimum absolute atomic E-state index is 0.0394. The summed E-state index contributed by atoms with van der Waals surface area (Å²) < 4.78 is 29.6. The SMILES string of the molecule is CC1(CNS(=O)(=O)c2cn3c(n2)CCCC3)CCNCC1. The van der Waals surface area contributed by atoms with Crippen molar-refractivity contribution >= 4 is 10.0 Å². The van der Waals surface area contributed by atoms with Crippen LogP contribution in [0.4, 0.5) is 0 Å². The molecule has 1 aromatic rings. The molecular weight excluding hydrogens is 288 g/mol. The third-order valence-corrected chi connectivity index (χ3v) is 5.93. The molecule has 2 aliphatic heterocycles. The average Bonchev–Trinajstić information content (AvgIpc) is 2.91. The standard InChI is InChI=1S/C14H24N4O2S/c1-14(5-7-15-8-6-14)11-16-21(19,20)13-10-18-9-3-2-4-12(18)17-13/h10,15-16H,2-9,11H2,1H3. The van der Waals surface area contributed by atoms with Gasteiger partial charge >= 0.3 is 0 Å². The molecule has 0 atom stereocenters. The zero-order valence-electron chi connectivity index (χ0n) is 12.6. The van der Waals surface area contributed by atoms with Crippen molar-refractivity contribution in [1.82, 2.24) is 19.6 Å². The summed E-state index contributed by atoms with van der Waals surface area (Å²) in [7, 11) is -3.49. The zero-order chi connectivity index (χ0) is 14.9. The molecule has 7 heteroatoms. The summed E-state index contributed by atoms with van der Waals surface area (Å²) >= 11 is 0. The minimum atomic E-state index is -3.49. The van der Waals surface area contributed by atoms with E-state index in [1.807, 2.05) is 4.57 Å². The first-order chi connectivity index (χ1) is 9.99. The molecule has 3 rings (SSSR count). The lowest BCUT2D eigenvalue weighted by molar-refractivity contribution is 0.232. The van der Waals surface area contributed by atoms with Crippen molar-refractivity contribution in [2.24, 2.45) is 5.41 Å². The molecule has 1 aromatic heterocycles. The van der Waals surface area contributed by atoms with Crippen LogP contribution < -0.4 is 10.0 Å². The summed E-state index contributed by atoms with van der Waals surface area (Å²) in [6.45, 7) is 5.42. The molecule has 0 radical (unpaired) electrons. The van der Waals surface area contributed by atoms with Crippen molar-refractivity contribution in [3.8, 4) is 0 Å². The van der Waals surface area contributed by atoms with Crippen LogP contribution in [0.15, 0.2) is 11.2 Å². The number of sulfonamides is 1. The second kappa shape index (κ2) is 5.70. The maximum atomic E-state index is 12.4. The Bertz CT molecular complexity index is 579. The highest BCUT2D eigenvalue weighted by Gasteiger charge is 2.30. The predicted octanol–water partition coefficient (Wildman–Crippen LogP) is 0.887. The number of nitrogens with one attached hydrogen (secondary N) is 2. The van der Waals surface area contributed by atoms with E-state index in [4.69, 9.17) is 0 Å². The molecule has 118 valence electrons.